The van der Waals surface area contributed by atoms with Crippen LogP contribution < -0.4 is 11.5 Å². The van der Waals surface area contributed by atoms with Crippen molar-refractivity contribution in [2.75, 3.05) is 5.73 Å². The molecule has 0 amide bonds. The van der Waals surface area contributed by atoms with E-state index < -0.39 is 0 Å². The van der Waals surface area contributed by atoms with Crippen molar-refractivity contribution in [3.8, 4) is 0 Å². The molecule has 0 spiro atoms. The SMILES string of the molecule is Cc1cc(N)ncc1[C@H](N)C(C)C. The first kappa shape index (κ1) is 9.99. The number of hydrogen-bond donors (Lipinski definition) is 2. The van der Waals surface area contributed by atoms with Crippen molar-refractivity contribution in [2.24, 2.45) is 11.7 Å². The van der Waals surface area contributed by atoms with Gasteiger partial charge in [0.05, 0.1) is 0 Å². The zero-order valence-corrected chi connectivity index (χ0v) is 8.41. The molecule has 0 aromatic carbocycles. The number of pyridine rings is 1. The fourth-order valence-electron chi connectivity index (χ4n) is 1.30. The van der Waals surface area contributed by atoms with E-state index in [4.69, 9.17) is 11.5 Å². The molecule has 1 aromatic rings. The second kappa shape index (κ2) is 3.75. The van der Waals surface area contributed by atoms with E-state index in [1.807, 2.05) is 13.0 Å². The third-order valence-corrected chi connectivity index (χ3v) is 2.25. The van der Waals surface area contributed by atoms with Crippen LogP contribution in [-0.4, -0.2) is 4.98 Å². The molecule has 72 valence electrons. The van der Waals surface area contributed by atoms with Gasteiger partial charge < -0.3 is 11.5 Å². The maximum Gasteiger partial charge on any atom is 0.123 e. The molecule has 1 heterocycles. The Morgan fingerprint density at radius 2 is 2.00 bits per heavy atom. The Balaban J connectivity index is 3.01. The summed E-state index contributed by atoms with van der Waals surface area (Å²) >= 11 is 0. The van der Waals surface area contributed by atoms with Gasteiger partial charge in [0.15, 0.2) is 0 Å². The second-order valence-corrected chi connectivity index (χ2v) is 3.74. The van der Waals surface area contributed by atoms with Gasteiger partial charge in [-0.3, -0.25) is 0 Å². The zero-order valence-electron chi connectivity index (χ0n) is 8.41. The Labute approximate surface area is 79.2 Å². The van der Waals surface area contributed by atoms with E-state index in [-0.39, 0.29) is 6.04 Å². The van der Waals surface area contributed by atoms with Crippen LogP contribution in [0, 0.1) is 12.8 Å². The van der Waals surface area contributed by atoms with Crippen LogP contribution in [0.15, 0.2) is 12.3 Å². The van der Waals surface area contributed by atoms with E-state index in [9.17, 15) is 0 Å². The highest BCUT2D eigenvalue weighted by atomic mass is 14.8. The average Bonchev–Trinajstić information content (AvgIpc) is 2.03. The zero-order chi connectivity index (χ0) is 10.0. The van der Waals surface area contributed by atoms with Crippen molar-refractivity contribution in [2.45, 2.75) is 26.8 Å². The van der Waals surface area contributed by atoms with E-state index in [0.717, 1.165) is 11.1 Å². The lowest BCUT2D eigenvalue weighted by Crippen LogP contribution is -2.18. The lowest BCUT2D eigenvalue weighted by molar-refractivity contribution is 0.511. The normalized spacial score (nSPS) is 13.3. The first-order valence-electron chi connectivity index (χ1n) is 4.50. The van der Waals surface area contributed by atoms with E-state index in [2.05, 4.69) is 18.8 Å². The van der Waals surface area contributed by atoms with Gasteiger partial charge in [-0.2, -0.15) is 0 Å². The van der Waals surface area contributed by atoms with Gasteiger partial charge in [0.1, 0.15) is 5.82 Å². The van der Waals surface area contributed by atoms with Crippen molar-refractivity contribution < 1.29 is 0 Å². The van der Waals surface area contributed by atoms with Gasteiger partial charge in [-0.25, -0.2) is 4.98 Å². The molecule has 0 saturated carbocycles. The fraction of sp³-hybridized carbons (Fsp3) is 0.500. The Morgan fingerprint density at radius 1 is 1.38 bits per heavy atom. The van der Waals surface area contributed by atoms with Gasteiger partial charge in [-0.15, -0.1) is 0 Å². The molecule has 4 N–H and O–H groups in total. The van der Waals surface area contributed by atoms with Crippen LogP contribution in [0.4, 0.5) is 5.82 Å². The molecule has 0 fully saturated rings. The predicted molar refractivity (Wildman–Crippen MR) is 55.2 cm³/mol. The van der Waals surface area contributed by atoms with Crippen LogP contribution >= 0.6 is 0 Å². The first-order chi connectivity index (χ1) is 6.02. The monoisotopic (exact) mass is 179 g/mol. The van der Waals surface area contributed by atoms with Crippen LogP contribution in [0.1, 0.15) is 31.0 Å². The Morgan fingerprint density at radius 3 is 2.46 bits per heavy atom. The molecule has 0 radical (unpaired) electrons. The molecule has 13 heavy (non-hydrogen) atoms. The molecule has 0 bridgehead atoms. The Kier molecular flexibility index (Phi) is 2.88. The predicted octanol–water partition coefficient (Wildman–Crippen LogP) is 1.63. The number of aromatic nitrogens is 1. The minimum absolute atomic E-state index is 0.0492. The Bertz CT molecular complexity index is 294. The summed E-state index contributed by atoms with van der Waals surface area (Å²) in [7, 11) is 0. The van der Waals surface area contributed by atoms with Crippen molar-refractivity contribution >= 4 is 5.82 Å². The summed E-state index contributed by atoms with van der Waals surface area (Å²) in [5.41, 5.74) is 13.8. The lowest BCUT2D eigenvalue weighted by atomic mass is 9.95. The molecule has 0 aliphatic rings. The van der Waals surface area contributed by atoms with E-state index in [1.165, 1.54) is 0 Å². The highest BCUT2D eigenvalue weighted by molar-refractivity contribution is 5.37. The largest absolute Gasteiger partial charge is 0.384 e. The minimum Gasteiger partial charge on any atom is -0.384 e. The number of nitrogens with two attached hydrogens (primary N) is 2. The van der Waals surface area contributed by atoms with Crippen molar-refractivity contribution in [1.29, 1.82) is 0 Å². The summed E-state index contributed by atoms with van der Waals surface area (Å²) in [5.74, 6) is 0.973. The van der Waals surface area contributed by atoms with Crippen molar-refractivity contribution in [3.63, 3.8) is 0 Å². The number of anilines is 1. The van der Waals surface area contributed by atoms with Crippen LogP contribution in [0.25, 0.3) is 0 Å². The molecule has 1 rings (SSSR count). The third kappa shape index (κ3) is 2.18. The summed E-state index contributed by atoms with van der Waals surface area (Å²) < 4.78 is 0. The molecule has 0 aliphatic carbocycles. The van der Waals surface area contributed by atoms with Gasteiger partial charge in [0.25, 0.3) is 0 Å². The summed E-state index contributed by atoms with van der Waals surface area (Å²) in [6.45, 7) is 6.20. The number of nitrogens with zero attached hydrogens (tertiary/aromatic N) is 1. The molecule has 3 heteroatoms. The maximum atomic E-state index is 6.01. The molecule has 1 atom stereocenters. The number of hydrogen-bond acceptors (Lipinski definition) is 3. The highest BCUT2D eigenvalue weighted by Gasteiger charge is 2.12. The third-order valence-electron chi connectivity index (χ3n) is 2.25. The van der Waals surface area contributed by atoms with Crippen LogP contribution in [-0.2, 0) is 0 Å². The smallest absolute Gasteiger partial charge is 0.123 e. The van der Waals surface area contributed by atoms with Crippen molar-refractivity contribution in [3.05, 3.63) is 23.4 Å². The second-order valence-electron chi connectivity index (χ2n) is 3.74. The topological polar surface area (TPSA) is 64.9 Å². The van der Waals surface area contributed by atoms with Gasteiger partial charge >= 0.3 is 0 Å². The molecule has 0 unspecified atom stereocenters. The van der Waals surface area contributed by atoms with Gasteiger partial charge in [-0.05, 0) is 30.0 Å². The summed E-state index contributed by atoms with van der Waals surface area (Å²) in [6.07, 6.45) is 1.77. The van der Waals surface area contributed by atoms with Gasteiger partial charge in [0.2, 0.25) is 0 Å². The van der Waals surface area contributed by atoms with E-state index >= 15 is 0 Å². The molecule has 0 saturated heterocycles. The van der Waals surface area contributed by atoms with Crippen LogP contribution in [0.5, 0.6) is 0 Å². The molecule has 0 aliphatic heterocycles. The summed E-state index contributed by atoms with van der Waals surface area (Å²) in [4.78, 5) is 4.04. The average molecular weight is 179 g/mol. The summed E-state index contributed by atoms with van der Waals surface area (Å²) in [6, 6.07) is 1.91. The molecular formula is C10H17N3. The van der Waals surface area contributed by atoms with E-state index in [1.54, 1.807) is 6.20 Å². The summed E-state index contributed by atoms with van der Waals surface area (Å²) in [5, 5.41) is 0. The Hall–Kier alpha value is -1.09. The van der Waals surface area contributed by atoms with E-state index in [0.29, 0.717) is 11.7 Å². The lowest BCUT2D eigenvalue weighted by Gasteiger charge is -2.17. The number of rotatable bonds is 2. The quantitative estimate of drug-likeness (QED) is 0.725. The maximum absolute atomic E-state index is 6.01. The van der Waals surface area contributed by atoms with Gasteiger partial charge in [-0.1, -0.05) is 13.8 Å². The van der Waals surface area contributed by atoms with Crippen LogP contribution in [0.3, 0.4) is 0 Å². The van der Waals surface area contributed by atoms with Crippen molar-refractivity contribution in [1.82, 2.24) is 4.98 Å². The number of aryl methyl sites for hydroxylation is 1. The molecule has 1 aromatic heterocycles. The van der Waals surface area contributed by atoms with Crippen LogP contribution in [0.2, 0.25) is 0 Å². The van der Waals surface area contributed by atoms with Gasteiger partial charge in [0, 0.05) is 12.2 Å². The highest BCUT2D eigenvalue weighted by Crippen LogP contribution is 2.22. The fourth-order valence-corrected chi connectivity index (χ4v) is 1.30. The number of nitrogen functional groups attached to an aromatic ring is 1. The first-order valence-corrected chi connectivity index (χ1v) is 4.50. The molecular weight excluding hydrogens is 162 g/mol. The standard InChI is InChI=1S/C10H17N3/c1-6(2)10(12)8-5-13-9(11)4-7(8)3/h4-6,10H,12H2,1-3H3,(H2,11,13)/t10-/m1/s1. The molecule has 3 nitrogen and oxygen atoms in total. The minimum atomic E-state index is 0.0492.